The molecule has 0 spiro atoms. The number of fused-ring (bicyclic) bond motifs is 1. The van der Waals surface area contributed by atoms with Gasteiger partial charge in [0.15, 0.2) is 5.17 Å². The number of thioether (sulfide) groups is 1. The summed E-state index contributed by atoms with van der Waals surface area (Å²) in [6.07, 6.45) is -0.914. The highest BCUT2D eigenvalue weighted by molar-refractivity contribution is 8.14. The van der Waals surface area contributed by atoms with Crippen LogP contribution in [0.3, 0.4) is 0 Å². The Hall–Kier alpha value is -2.68. The van der Waals surface area contributed by atoms with Gasteiger partial charge in [0.1, 0.15) is 29.8 Å². The molecule has 2 heterocycles. The number of rotatable bonds is 10. The molecule has 1 fully saturated rings. The fraction of sp³-hybridized carbons (Fsp3) is 0.367. The number of hydrogen-bond acceptors (Lipinski definition) is 7. The normalized spacial score (nSPS) is 24.9. The highest BCUT2D eigenvalue weighted by Crippen LogP contribution is 2.40. The van der Waals surface area contributed by atoms with Crippen molar-refractivity contribution in [2.24, 2.45) is 4.99 Å². The van der Waals surface area contributed by atoms with Gasteiger partial charge in [0, 0.05) is 14.1 Å². The van der Waals surface area contributed by atoms with E-state index in [1.807, 2.05) is 73.6 Å². The van der Waals surface area contributed by atoms with Crippen LogP contribution in [-0.2, 0) is 38.8 Å². The number of aliphatic imine (C=N–C) groups is 1. The first-order chi connectivity index (χ1) is 18.2. The van der Waals surface area contributed by atoms with Gasteiger partial charge < -0.3 is 23.8 Å². The van der Waals surface area contributed by atoms with Crippen molar-refractivity contribution in [1.82, 2.24) is 4.90 Å². The van der Waals surface area contributed by atoms with Crippen molar-refractivity contribution >= 4 is 16.9 Å². The molecule has 1 saturated heterocycles. The zero-order chi connectivity index (χ0) is 25.5. The summed E-state index contributed by atoms with van der Waals surface area (Å²) < 4.78 is 25.9. The van der Waals surface area contributed by atoms with Crippen LogP contribution >= 0.6 is 11.8 Å². The van der Waals surface area contributed by atoms with Gasteiger partial charge in [0.2, 0.25) is 0 Å². The summed E-state index contributed by atoms with van der Waals surface area (Å²) in [5.74, 6) is 0. The summed E-state index contributed by atoms with van der Waals surface area (Å²) in [6, 6.07) is 30.5. The Labute approximate surface area is 223 Å². The fourth-order valence-corrected chi connectivity index (χ4v) is 5.69. The van der Waals surface area contributed by atoms with E-state index in [4.69, 9.17) is 23.9 Å². The van der Waals surface area contributed by atoms with Gasteiger partial charge in [-0.2, -0.15) is 0 Å². The molecule has 0 amide bonds. The van der Waals surface area contributed by atoms with Crippen molar-refractivity contribution in [2.45, 2.75) is 49.6 Å². The van der Waals surface area contributed by atoms with Crippen molar-refractivity contribution in [3.8, 4) is 0 Å². The second-order valence-corrected chi connectivity index (χ2v) is 10.5. The topological polar surface area (TPSA) is 52.5 Å². The van der Waals surface area contributed by atoms with E-state index in [-0.39, 0.29) is 29.8 Å². The van der Waals surface area contributed by atoms with Crippen LogP contribution in [0.15, 0.2) is 96.0 Å². The first-order valence-corrected chi connectivity index (χ1v) is 13.6. The van der Waals surface area contributed by atoms with Gasteiger partial charge in [-0.25, -0.2) is 0 Å². The van der Waals surface area contributed by atoms with E-state index in [9.17, 15) is 0 Å². The summed E-state index contributed by atoms with van der Waals surface area (Å²) in [6.45, 7) is 1.86. The van der Waals surface area contributed by atoms with Gasteiger partial charge in [-0.05, 0) is 16.7 Å². The van der Waals surface area contributed by atoms with Gasteiger partial charge >= 0.3 is 0 Å². The van der Waals surface area contributed by atoms with Crippen molar-refractivity contribution in [3.05, 3.63) is 108 Å². The van der Waals surface area contributed by atoms with Crippen LogP contribution < -0.4 is 0 Å². The van der Waals surface area contributed by atoms with Crippen LogP contribution in [0.5, 0.6) is 0 Å². The van der Waals surface area contributed by atoms with Crippen LogP contribution in [-0.4, -0.2) is 60.6 Å². The second kappa shape index (κ2) is 12.7. The Morgan fingerprint density at radius 3 is 1.78 bits per heavy atom. The quantitative estimate of drug-likeness (QED) is 0.371. The maximum atomic E-state index is 6.61. The second-order valence-electron chi connectivity index (χ2n) is 9.48. The molecule has 0 N–H and O–H groups in total. The molecule has 7 heteroatoms. The van der Waals surface area contributed by atoms with E-state index < -0.39 is 0 Å². The Morgan fingerprint density at radius 1 is 0.730 bits per heavy atom. The molecule has 5 unspecified atom stereocenters. The number of ether oxygens (including phenoxy) is 4. The summed E-state index contributed by atoms with van der Waals surface area (Å²) in [4.78, 5) is 7.03. The summed E-state index contributed by atoms with van der Waals surface area (Å²) in [5.41, 5.74) is 3.20. The molecular weight excluding hydrogens is 484 g/mol. The van der Waals surface area contributed by atoms with E-state index in [1.54, 1.807) is 11.8 Å². The summed E-state index contributed by atoms with van der Waals surface area (Å²) in [7, 11) is 4.01. The maximum absolute atomic E-state index is 6.61. The van der Waals surface area contributed by atoms with Crippen LogP contribution in [0, 0.1) is 0 Å². The van der Waals surface area contributed by atoms with Crippen molar-refractivity contribution in [1.29, 1.82) is 0 Å². The molecule has 0 aliphatic carbocycles. The van der Waals surface area contributed by atoms with Gasteiger partial charge in [0.25, 0.3) is 0 Å². The number of nitrogens with zero attached hydrogens (tertiary/aromatic N) is 2. The predicted molar refractivity (Wildman–Crippen MR) is 147 cm³/mol. The lowest BCUT2D eigenvalue weighted by atomic mass is 9.97. The van der Waals surface area contributed by atoms with E-state index in [2.05, 4.69) is 36.4 Å². The fourth-order valence-electron chi connectivity index (χ4n) is 4.54. The highest BCUT2D eigenvalue weighted by Gasteiger charge is 2.51. The molecule has 194 valence electrons. The molecule has 0 saturated carbocycles. The molecule has 3 aromatic rings. The Morgan fingerprint density at radius 2 is 1.24 bits per heavy atom. The molecule has 6 nitrogen and oxygen atoms in total. The molecule has 5 atom stereocenters. The molecular formula is C30H34N2O4S. The molecule has 5 rings (SSSR count). The highest BCUT2D eigenvalue weighted by atomic mass is 32.2. The monoisotopic (exact) mass is 518 g/mol. The molecule has 37 heavy (non-hydrogen) atoms. The predicted octanol–water partition coefficient (Wildman–Crippen LogP) is 5.13. The van der Waals surface area contributed by atoms with Gasteiger partial charge in [-0.3, -0.25) is 4.99 Å². The minimum absolute atomic E-state index is 0.153. The standard InChI is InChI=1S/C30H34N2O4S/c1-32(2)30-31-26-28(35-20-24-16-10-5-11-17-24)27(34-19-23-14-8-4-9-15-23)25(36-29(26)37-30)21-33-18-22-12-6-3-7-13-22/h3-17,25-29H,18-21H2,1-2H3. The van der Waals surface area contributed by atoms with Crippen LogP contribution in [0.2, 0.25) is 0 Å². The maximum Gasteiger partial charge on any atom is 0.161 e. The van der Waals surface area contributed by atoms with E-state index in [0.29, 0.717) is 26.4 Å². The minimum Gasteiger partial charge on any atom is -0.374 e. The van der Waals surface area contributed by atoms with Crippen LogP contribution in [0.1, 0.15) is 16.7 Å². The minimum atomic E-state index is -0.341. The first kappa shape index (κ1) is 25.9. The van der Waals surface area contributed by atoms with Crippen molar-refractivity contribution in [3.63, 3.8) is 0 Å². The van der Waals surface area contributed by atoms with Crippen LogP contribution in [0.25, 0.3) is 0 Å². The first-order valence-electron chi connectivity index (χ1n) is 12.7. The van der Waals surface area contributed by atoms with Crippen molar-refractivity contribution < 1.29 is 18.9 Å². The third-order valence-electron chi connectivity index (χ3n) is 6.44. The van der Waals surface area contributed by atoms with E-state index in [0.717, 1.165) is 21.9 Å². The number of amidine groups is 1. The van der Waals surface area contributed by atoms with Crippen molar-refractivity contribution in [2.75, 3.05) is 20.7 Å². The smallest absolute Gasteiger partial charge is 0.161 e. The molecule has 2 aliphatic rings. The average molecular weight is 519 g/mol. The lowest BCUT2D eigenvalue weighted by Gasteiger charge is -2.42. The lowest BCUT2D eigenvalue weighted by Crippen LogP contribution is -2.58. The number of hydrogen-bond donors (Lipinski definition) is 0. The summed E-state index contributed by atoms with van der Waals surface area (Å²) >= 11 is 1.64. The average Bonchev–Trinajstić information content (AvgIpc) is 3.37. The third-order valence-corrected chi connectivity index (χ3v) is 7.75. The lowest BCUT2D eigenvalue weighted by molar-refractivity contribution is -0.210. The molecule has 0 bridgehead atoms. The van der Waals surface area contributed by atoms with E-state index in [1.165, 1.54) is 0 Å². The SMILES string of the molecule is CN(C)C1=NC2C(OC(COCc3ccccc3)C(OCc3ccccc3)C2OCc2ccccc2)S1. The molecule has 3 aromatic carbocycles. The van der Waals surface area contributed by atoms with Gasteiger partial charge in [0.05, 0.1) is 26.4 Å². The largest absolute Gasteiger partial charge is 0.374 e. The third kappa shape index (κ3) is 6.80. The summed E-state index contributed by atoms with van der Waals surface area (Å²) in [5, 5.41) is 0.941. The zero-order valence-corrected chi connectivity index (χ0v) is 22.1. The van der Waals surface area contributed by atoms with Gasteiger partial charge in [-0.1, -0.05) is 103 Å². The van der Waals surface area contributed by atoms with Gasteiger partial charge in [-0.15, -0.1) is 0 Å². The molecule has 0 aromatic heterocycles. The Balaban J connectivity index is 1.37. The zero-order valence-electron chi connectivity index (χ0n) is 21.3. The Bertz CT molecular complexity index is 1130. The van der Waals surface area contributed by atoms with E-state index >= 15 is 0 Å². The van der Waals surface area contributed by atoms with Crippen LogP contribution in [0.4, 0.5) is 0 Å². The molecule has 0 radical (unpaired) electrons. The Kier molecular flexibility index (Phi) is 8.92. The molecule has 2 aliphatic heterocycles. The number of benzene rings is 3.